The molecule has 1 amide bonds. The molecule has 28 heavy (non-hydrogen) atoms. The number of rotatable bonds is 7. The monoisotopic (exact) mass is 377 g/mol. The van der Waals surface area contributed by atoms with Crippen LogP contribution < -0.4 is 15.5 Å². The van der Waals surface area contributed by atoms with Crippen molar-refractivity contribution in [3.8, 4) is 11.5 Å². The maximum Gasteiger partial charge on any atom is 0.262 e. The quantitative estimate of drug-likeness (QED) is 0.431. The number of nitrogens with one attached hydrogen (secondary N) is 2. The first-order valence-corrected chi connectivity index (χ1v) is 9.11. The van der Waals surface area contributed by atoms with Crippen LogP contribution in [0, 0.1) is 0 Å². The second kappa shape index (κ2) is 8.90. The fourth-order valence-corrected chi connectivity index (χ4v) is 2.75. The molecule has 3 aromatic carbocycles. The molecule has 0 aliphatic carbocycles. The summed E-state index contributed by atoms with van der Waals surface area (Å²) in [6, 6.07) is 18.5. The van der Waals surface area contributed by atoms with E-state index in [4.69, 9.17) is 4.74 Å². The Balaban J connectivity index is 1.57. The zero-order valence-corrected chi connectivity index (χ0v) is 15.8. The summed E-state index contributed by atoms with van der Waals surface area (Å²) in [7, 11) is 0. The molecule has 0 spiro atoms. The zero-order chi connectivity index (χ0) is 19.9. The van der Waals surface area contributed by atoms with Gasteiger partial charge in [-0.05, 0) is 60.5 Å². The van der Waals surface area contributed by atoms with Gasteiger partial charge in [0.2, 0.25) is 0 Å². The first kappa shape index (κ1) is 19.2. The lowest BCUT2D eigenvalue weighted by Crippen LogP contribution is -2.34. The van der Waals surface area contributed by atoms with Gasteiger partial charge in [0.15, 0.2) is 11.5 Å². The minimum atomic E-state index is -0.466. The smallest absolute Gasteiger partial charge is 0.262 e. The van der Waals surface area contributed by atoms with Gasteiger partial charge in [0.25, 0.3) is 5.91 Å². The molecule has 3 aromatic rings. The molecule has 0 unspecified atom stereocenters. The molecular weight excluding hydrogens is 354 g/mol. The highest BCUT2D eigenvalue weighted by molar-refractivity contribution is 5.89. The number of phenols is 1. The average Bonchev–Trinajstić information content (AvgIpc) is 2.70. The number of ether oxygens (including phenoxy) is 1. The Bertz CT molecular complexity index is 1000. The van der Waals surface area contributed by atoms with Crippen molar-refractivity contribution in [3.05, 3.63) is 66.2 Å². The van der Waals surface area contributed by atoms with Crippen LogP contribution in [-0.4, -0.2) is 29.9 Å². The molecule has 0 bridgehead atoms. The molecule has 6 heteroatoms. The van der Waals surface area contributed by atoms with Gasteiger partial charge in [-0.15, -0.1) is 0 Å². The molecule has 0 heterocycles. The fourth-order valence-electron chi connectivity index (χ4n) is 2.75. The molecule has 3 N–H and O–H groups in total. The van der Waals surface area contributed by atoms with Gasteiger partial charge < -0.3 is 15.2 Å². The van der Waals surface area contributed by atoms with E-state index in [1.807, 2.05) is 49.4 Å². The number of hydrogen-bond acceptors (Lipinski definition) is 5. The van der Waals surface area contributed by atoms with E-state index < -0.39 is 6.04 Å². The third-order valence-electron chi connectivity index (χ3n) is 4.20. The summed E-state index contributed by atoms with van der Waals surface area (Å²) in [5, 5.41) is 19.3. The second-order valence-corrected chi connectivity index (χ2v) is 6.32. The molecule has 0 saturated heterocycles. The van der Waals surface area contributed by atoms with E-state index in [9.17, 15) is 9.90 Å². The van der Waals surface area contributed by atoms with Gasteiger partial charge >= 0.3 is 0 Å². The summed E-state index contributed by atoms with van der Waals surface area (Å²) in [6.45, 7) is 4.08. The van der Waals surface area contributed by atoms with E-state index in [0.29, 0.717) is 17.9 Å². The van der Waals surface area contributed by atoms with Crippen molar-refractivity contribution >= 4 is 28.6 Å². The standard InChI is InChI=1S/C22H23N3O3/c1-3-28-21-11-8-16(12-20(21)26)14-23-25-22(27)15(2)24-19-10-9-17-6-4-5-7-18(17)13-19/h4-15,24,26H,3H2,1-2H3,(H,25,27)/b23-14-/t15-/m0/s1. The van der Waals surface area contributed by atoms with E-state index in [1.54, 1.807) is 19.1 Å². The van der Waals surface area contributed by atoms with E-state index in [0.717, 1.165) is 16.5 Å². The predicted molar refractivity (Wildman–Crippen MR) is 112 cm³/mol. The molecule has 0 aliphatic rings. The minimum absolute atomic E-state index is 0.0310. The van der Waals surface area contributed by atoms with Crippen molar-refractivity contribution in [1.82, 2.24) is 5.43 Å². The molecule has 6 nitrogen and oxygen atoms in total. The molecular formula is C22H23N3O3. The highest BCUT2D eigenvalue weighted by Crippen LogP contribution is 2.26. The normalized spacial score (nSPS) is 12.1. The van der Waals surface area contributed by atoms with Crippen molar-refractivity contribution in [2.24, 2.45) is 5.10 Å². The SMILES string of the molecule is CCOc1ccc(/C=N\NC(=O)[C@H](C)Nc2ccc3ccccc3c2)cc1O. The van der Waals surface area contributed by atoms with Crippen LogP contribution >= 0.6 is 0 Å². The lowest BCUT2D eigenvalue weighted by atomic mass is 10.1. The molecule has 0 radical (unpaired) electrons. The number of carbonyl (C=O) groups is 1. The molecule has 0 saturated carbocycles. The third kappa shape index (κ3) is 4.79. The summed E-state index contributed by atoms with van der Waals surface area (Å²) in [6.07, 6.45) is 1.47. The topological polar surface area (TPSA) is 83.0 Å². The summed E-state index contributed by atoms with van der Waals surface area (Å²) in [4.78, 5) is 12.3. The molecule has 144 valence electrons. The van der Waals surface area contributed by atoms with Gasteiger partial charge in [-0.3, -0.25) is 4.79 Å². The van der Waals surface area contributed by atoms with Crippen molar-refractivity contribution in [3.63, 3.8) is 0 Å². The van der Waals surface area contributed by atoms with E-state index in [2.05, 4.69) is 15.8 Å². The van der Waals surface area contributed by atoms with Gasteiger partial charge in [0.05, 0.1) is 12.8 Å². The summed E-state index contributed by atoms with van der Waals surface area (Å²) < 4.78 is 5.28. The Kier molecular flexibility index (Phi) is 6.11. The molecule has 0 aliphatic heterocycles. The van der Waals surface area contributed by atoms with E-state index in [1.165, 1.54) is 12.3 Å². The van der Waals surface area contributed by atoms with Crippen molar-refractivity contribution in [2.75, 3.05) is 11.9 Å². The Labute approximate surface area is 163 Å². The number of nitrogens with zero attached hydrogens (tertiary/aromatic N) is 1. The maximum absolute atomic E-state index is 12.3. The third-order valence-corrected chi connectivity index (χ3v) is 4.20. The Morgan fingerprint density at radius 1 is 1.14 bits per heavy atom. The zero-order valence-electron chi connectivity index (χ0n) is 15.8. The molecule has 0 fully saturated rings. The number of amides is 1. The van der Waals surface area contributed by atoms with Crippen molar-refractivity contribution < 1.29 is 14.6 Å². The van der Waals surface area contributed by atoms with Crippen LogP contribution in [0.1, 0.15) is 19.4 Å². The number of aromatic hydroxyl groups is 1. The van der Waals surface area contributed by atoms with Crippen LogP contribution in [0.25, 0.3) is 10.8 Å². The van der Waals surface area contributed by atoms with Gasteiger partial charge in [-0.1, -0.05) is 30.3 Å². The van der Waals surface area contributed by atoms with Gasteiger partial charge in [-0.2, -0.15) is 5.10 Å². The molecule has 3 rings (SSSR count). The van der Waals surface area contributed by atoms with Crippen LogP contribution in [0.2, 0.25) is 0 Å². The van der Waals surface area contributed by atoms with E-state index in [-0.39, 0.29) is 11.7 Å². The summed E-state index contributed by atoms with van der Waals surface area (Å²) >= 11 is 0. The van der Waals surface area contributed by atoms with Crippen molar-refractivity contribution in [1.29, 1.82) is 0 Å². The number of anilines is 1. The Hall–Kier alpha value is -3.54. The number of carbonyl (C=O) groups excluding carboxylic acids is 1. The molecule has 0 aromatic heterocycles. The van der Waals surface area contributed by atoms with Crippen LogP contribution in [0.4, 0.5) is 5.69 Å². The van der Waals surface area contributed by atoms with Crippen LogP contribution in [0.3, 0.4) is 0 Å². The first-order chi connectivity index (χ1) is 13.6. The van der Waals surface area contributed by atoms with Crippen molar-refractivity contribution in [2.45, 2.75) is 19.9 Å². The molecule has 1 atom stereocenters. The minimum Gasteiger partial charge on any atom is -0.504 e. The van der Waals surface area contributed by atoms with Crippen LogP contribution in [-0.2, 0) is 4.79 Å². The number of fused-ring (bicyclic) bond motifs is 1. The average molecular weight is 377 g/mol. The fraction of sp³-hybridized carbons (Fsp3) is 0.182. The Morgan fingerprint density at radius 3 is 2.68 bits per heavy atom. The summed E-state index contributed by atoms with van der Waals surface area (Å²) in [5.74, 6) is 0.180. The number of phenolic OH excluding ortho intramolecular Hbond substituents is 1. The maximum atomic E-state index is 12.3. The lowest BCUT2D eigenvalue weighted by Gasteiger charge is -2.14. The highest BCUT2D eigenvalue weighted by Gasteiger charge is 2.12. The van der Waals surface area contributed by atoms with Gasteiger partial charge in [-0.25, -0.2) is 5.43 Å². The lowest BCUT2D eigenvalue weighted by molar-refractivity contribution is -0.121. The first-order valence-electron chi connectivity index (χ1n) is 9.11. The highest BCUT2D eigenvalue weighted by atomic mass is 16.5. The van der Waals surface area contributed by atoms with Gasteiger partial charge in [0, 0.05) is 5.69 Å². The van der Waals surface area contributed by atoms with E-state index >= 15 is 0 Å². The largest absolute Gasteiger partial charge is 0.504 e. The predicted octanol–water partition coefficient (Wildman–Crippen LogP) is 3.89. The van der Waals surface area contributed by atoms with Gasteiger partial charge in [0.1, 0.15) is 6.04 Å². The number of hydrazone groups is 1. The summed E-state index contributed by atoms with van der Waals surface area (Å²) in [5.41, 5.74) is 4.01. The van der Waals surface area contributed by atoms with Crippen LogP contribution in [0.15, 0.2) is 65.8 Å². The number of benzene rings is 3. The number of hydrogen-bond donors (Lipinski definition) is 3. The van der Waals surface area contributed by atoms with Crippen LogP contribution in [0.5, 0.6) is 11.5 Å². The Morgan fingerprint density at radius 2 is 1.93 bits per heavy atom. The second-order valence-electron chi connectivity index (χ2n) is 6.32.